The van der Waals surface area contributed by atoms with E-state index in [0.29, 0.717) is 5.92 Å². The highest BCUT2D eigenvalue weighted by Crippen LogP contribution is 2.47. The molecule has 92 valence electrons. The van der Waals surface area contributed by atoms with Crippen LogP contribution >= 0.6 is 11.6 Å². The Morgan fingerprint density at radius 3 is 3.00 bits per heavy atom. The van der Waals surface area contributed by atoms with Crippen LogP contribution in [-0.2, 0) is 6.42 Å². The molecule has 0 saturated heterocycles. The number of pyridine rings is 1. The van der Waals surface area contributed by atoms with Crippen molar-refractivity contribution in [1.82, 2.24) is 4.98 Å². The van der Waals surface area contributed by atoms with Gasteiger partial charge in [0.2, 0.25) is 0 Å². The monoisotopic (exact) mass is 258 g/mol. The predicted molar refractivity (Wildman–Crippen MR) is 75.0 cm³/mol. The molecule has 4 aliphatic rings. The van der Waals surface area contributed by atoms with Crippen molar-refractivity contribution in [3.05, 3.63) is 35.0 Å². The van der Waals surface area contributed by atoms with Crippen LogP contribution in [0.25, 0.3) is 10.9 Å². The van der Waals surface area contributed by atoms with Crippen molar-refractivity contribution in [1.29, 1.82) is 0 Å². The molecule has 0 spiro atoms. The van der Waals surface area contributed by atoms with Gasteiger partial charge in [0.25, 0.3) is 0 Å². The van der Waals surface area contributed by atoms with E-state index in [1.807, 2.05) is 0 Å². The summed E-state index contributed by atoms with van der Waals surface area (Å²) < 4.78 is 0. The van der Waals surface area contributed by atoms with Gasteiger partial charge < -0.3 is 5.73 Å². The topological polar surface area (TPSA) is 38.9 Å². The molecule has 3 aliphatic carbocycles. The molecule has 1 aromatic carbocycles. The van der Waals surface area contributed by atoms with Crippen molar-refractivity contribution in [2.24, 2.45) is 0 Å². The number of nitrogen functional groups attached to an aromatic ring is 1. The van der Waals surface area contributed by atoms with E-state index in [-0.39, 0.29) is 5.38 Å². The second-order valence-corrected chi connectivity index (χ2v) is 5.98. The lowest BCUT2D eigenvalue weighted by Gasteiger charge is -2.28. The Hall–Kier alpha value is -1.28. The number of aryl methyl sites for hydroxylation is 1. The number of hydrogen-bond acceptors (Lipinski definition) is 2. The number of nitrogens with two attached hydrogens (primary N) is 1. The highest BCUT2D eigenvalue weighted by Gasteiger charge is 2.31. The van der Waals surface area contributed by atoms with Crippen LogP contribution in [0.4, 0.5) is 5.69 Å². The molecule has 2 heterocycles. The van der Waals surface area contributed by atoms with E-state index in [9.17, 15) is 0 Å². The summed E-state index contributed by atoms with van der Waals surface area (Å²) in [7, 11) is 0. The second kappa shape index (κ2) is 3.61. The van der Waals surface area contributed by atoms with Crippen molar-refractivity contribution in [3.63, 3.8) is 0 Å². The molecule has 2 N–H and O–H groups in total. The number of fused-ring (bicyclic) bond motifs is 1. The average molecular weight is 259 g/mol. The molecule has 2 atom stereocenters. The fourth-order valence-corrected chi connectivity index (χ4v) is 3.74. The Balaban J connectivity index is 2.16. The molecule has 1 aliphatic heterocycles. The van der Waals surface area contributed by atoms with Crippen molar-refractivity contribution >= 4 is 28.2 Å². The van der Waals surface area contributed by atoms with Gasteiger partial charge in [-0.3, -0.25) is 4.98 Å². The van der Waals surface area contributed by atoms with Crippen LogP contribution in [0.3, 0.4) is 0 Å². The summed E-state index contributed by atoms with van der Waals surface area (Å²) >= 11 is 6.44. The van der Waals surface area contributed by atoms with E-state index < -0.39 is 0 Å². The number of nitrogens with zero attached hydrogens (tertiary/aromatic N) is 1. The van der Waals surface area contributed by atoms with Gasteiger partial charge in [-0.15, -0.1) is 11.6 Å². The number of alkyl halides is 1. The van der Waals surface area contributed by atoms with Crippen LogP contribution in [0, 0.1) is 0 Å². The smallest absolute Gasteiger partial charge is 0.0761 e. The number of aromatic nitrogens is 1. The summed E-state index contributed by atoms with van der Waals surface area (Å²) in [4.78, 5) is 4.80. The minimum atomic E-state index is 0.0321. The zero-order chi connectivity index (χ0) is 12.3. The van der Waals surface area contributed by atoms with Crippen LogP contribution in [0.2, 0.25) is 0 Å². The van der Waals surface area contributed by atoms with Crippen LogP contribution in [0.5, 0.6) is 0 Å². The molecule has 0 radical (unpaired) electrons. The van der Waals surface area contributed by atoms with Crippen molar-refractivity contribution < 1.29 is 0 Å². The van der Waals surface area contributed by atoms with Crippen LogP contribution in [0.1, 0.15) is 47.4 Å². The number of hydrogen-bond donors (Lipinski definition) is 1. The average Bonchev–Trinajstić information content (AvgIpc) is 2.49. The van der Waals surface area contributed by atoms with Crippen molar-refractivity contribution in [3.8, 4) is 0 Å². The Morgan fingerprint density at radius 2 is 2.11 bits per heavy atom. The van der Waals surface area contributed by atoms with Crippen LogP contribution in [-0.4, -0.2) is 4.98 Å². The zero-order valence-electron chi connectivity index (χ0n) is 10.1. The van der Waals surface area contributed by atoms with Gasteiger partial charge in [0.1, 0.15) is 0 Å². The first kappa shape index (κ1) is 10.6. The first-order valence-corrected chi connectivity index (χ1v) is 7.03. The predicted octanol–water partition coefficient (Wildman–Crippen LogP) is 3.92. The third kappa shape index (κ3) is 1.33. The van der Waals surface area contributed by atoms with E-state index in [1.165, 1.54) is 11.1 Å². The summed E-state index contributed by atoms with van der Waals surface area (Å²) in [5.41, 5.74) is 12.0. The molecule has 6 bridgehead atoms. The minimum Gasteiger partial charge on any atom is -0.398 e. The molecule has 3 heteroatoms. The van der Waals surface area contributed by atoms with Gasteiger partial charge in [-0.1, -0.05) is 12.1 Å². The lowest BCUT2D eigenvalue weighted by atomic mass is 9.81. The maximum atomic E-state index is 6.44. The number of rotatable bonds is 0. The van der Waals surface area contributed by atoms with Gasteiger partial charge in [-0.2, -0.15) is 0 Å². The van der Waals surface area contributed by atoms with Gasteiger partial charge in [-0.05, 0) is 43.2 Å². The maximum absolute atomic E-state index is 6.44. The van der Waals surface area contributed by atoms with Crippen LogP contribution in [0.15, 0.2) is 18.2 Å². The molecule has 2 nitrogen and oxygen atoms in total. The van der Waals surface area contributed by atoms with Crippen LogP contribution < -0.4 is 5.73 Å². The van der Waals surface area contributed by atoms with Gasteiger partial charge in [-0.25, -0.2) is 0 Å². The quantitative estimate of drug-likeness (QED) is 0.728. The van der Waals surface area contributed by atoms with Crippen molar-refractivity contribution in [2.75, 3.05) is 5.73 Å². The molecular formula is C15H15ClN2. The fraction of sp³-hybridized carbons (Fsp3) is 0.400. The van der Waals surface area contributed by atoms with E-state index in [1.54, 1.807) is 0 Å². The van der Waals surface area contributed by atoms with Gasteiger partial charge in [0.15, 0.2) is 0 Å². The standard InChI is InChI=1S/C15H15ClN2/c16-11-6-4-9-3-1-8-2-5-10-12(7-8)18-15(11)13(9)14(10)17/h2,5,7,9,11H,1,3-4,6H2,(H2,17,18). The van der Waals surface area contributed by atoms with E-state index in [4.69, 9.17) is 22.3 Å². The Labute approximate surface area is 111 Å². The number of halogens is 1. The zero-order valence-corrected chi connectivity index (χ0v) is 10.9. The fourth-order valence-electron chi connectivity index (χ4n) is 3.45. The molecule has 0 fully saturated rings. The molecule has 18 heavy (non-hydrogen) atoms. The normalized spacial score (nSPS) is 25.4. The number of benzene rings is 1. The second-order valence-electron chi connectivity index (χ2n) is 5.46. The summed E-state index contributed by atoms with van der Waals surface area (Å²) in [5, 5.41) is 1.12. The number of anilines is 1. The highest BCUT2D eigenvalue weighted by atomic mass is 35.5. The van der Waals surface area contributed by atoms with Gasteiger partial charge in [0.05, 0.1) is 16.6 Å². The summed E-state index contributed by atoms with van der Waals surface area (Å²) in [5.74, 6) is 0.539. The molecule has 2 unspecified atom stereocenters. The molecule has 6 rings (SSSR count). The first-order chi connectivity index (χ1) is 8.74. The summed E-state index contributed by atoms with van der Waals surface area (Å²) in [6, 6.07) is 6.48. The largest absolute Gasteiger partial charge is 0.398 e. The Kier molecular flexibility index (Phi) is 2.13. The molecule has 1 aromatic heterocycles. The summed E-state index contributed by atoms with van der Waals surface area (Å²) in [6.45, 7) is 0. The Bertz CT molecular complexity index is 650. The summed E-state index contributed by atoms with van der Waals surface area (Å²) in [6.07, 6.45) is 4.44. The van der Waals surface area contributed by atoms with Gasteiger partial charge in [0, 0.05) is 16.6 Å². The third-order valence-electron chi connectivity index (χ3n) is 4.41. The van der Waals surface area contributed by atoms with Gasteiger partial charge >= 0.3 is 0 Å². The third-order valence-corrected chi connectivity index (χ3v) is 4.84. The van der Waals surface area contributed by atoms with E-state index in [2.05, 4.69) is 18.2 Å². The van der Waals surface area contributed by atoms with Crippen molar-refractivity contribution in [2.45, 2.75) is 37.0 Å². The molecule has 0 amide bonds. The Morgan fingerprint density at radius 1 is 1.22 bits per heavy atom. The molecule has 2 aromatic rings. The molecule has 0 saturated carbocycles. The minimum absolute atomic E-state index is 0.0321. The first-order valence-electron chi connectivity index (χ1n) is 6.60. The lowest BCUT2D eigenvalue weighted by molar-refractivity contribution is 0.510. The maximum Gasteiger partial charge on any atom is 0.0761 e. The molecular weight excluding hydrogens is 244 g/mol. The lowest BCUT2D eigenvalue weighted by Crippen LogP contribution is -2.16. The van der Waals surface area contributed by atoms with E-state index in [0.717, 1.165) is 48.0 Å². The van der Waals surface area contributed by atoms with E-state index >= 15 is 0 Å². The SMILES string of the molecule is Nc1c2c3nc4cc(ccc14)CCC2CCC3Cl. The highest BCUT2D eigenvalue weighted by molar-refractivity contribution is 6.21.